The first-order chi connectivity index (χ1) is 6.00. The molecule has 0 radical (unpaired) electrons. The Hall–Kier alpha value is -1.17. The number of halogens is 3. The fourth-order valence-electron chi connectivity index (χ4n) is 0.753. The van der Waals surface area contributed by atoms with E-state index in [2.05, 4.69) is 9.97 Å². The lowest BCUT2D eigenvalue weighted by Crippen LogP contribution is -2.30. The van der Waals surface area contributed by atoms with Gasteiger partial charge in [-0.1, -0.05) is 0 Å². The number of hydrogen-bond donors (Lipinski definition) is 1. The van der Waals surface area contributed by atoms with Gasteiger partial charge in [0.1, 0.15) is 6.33 Å². The molecule has 0 amide bonds. The van der Waals surface area contributed by atoms with Gasteiger partial charge in [-0.05, 0) is 6.07 Å². The van der Waals surface area contributed by atoms with Crippen LogP contribution in [-0.4, -0.2) is 27.4 Å². The first-order valence-corrected chi connectivity index (χ1v) is 3.50. The summed E-state index contributed by atoms with van der Waals surface area (Å²) in [5, 5.41) is 8.65. The Morgan fingerprint density at radius 2 is 2.15 bits per heavy atom. The molecule has 13 heavy (non-hydrogen) atoms. The zero-order valence-electron chi connectivity index (χ0n) is 6.49. The minimum atomic E-state index is -4.59. The molecule has 0 aliphatic rings. The standard InChI is InChI=1S/C7H7F3N2O/c8-7(9,10)6(13)3-5-1-2-11-4-12-5/h1-2,4,6,13H,3H2/t6-/m0/s1. The highest BCUT2D eigenvalue weighted by atomic mass is 19.4. The van der Waals surface area contributed by atoms with Crippen molar-refractivity contribution in [2.24, 2.45) is 0 Å². The fraction of sp³-hybridized carbons (Fsp3) is 0.429. The second-order valence-corrected chi connectivity index (χ2v) is 2.46. The molecule has 1 atom stereocenters. The number of aromatic nitrogens is 2. The quantitative estimate of drug-likeness (QED) is 0.758. The first-order valence-electron chi connectivity index (χ1n) is 3.50. The van der Waals surface area contributed by atoms with Gasteiger partial charge in [0, 0.05) is 18.3 Å². The number of rotatable bonds is 2. The molecule has 1 aromatic heterocycles. The van der Waals surface area contributed by atoms with E-state index >= 15 is 0 Å². The normalized spacial score (nSPS) is 14.2. The molecule has 0 fully saturated rings. The van der Waals surface area contributed by atoms with Crippen molar-refractivity contribution in [3.8, 4) is 0 Å². The van der Waals surface area contributed by atoms with Gasteiger partial charge in [0.25, 0.3) is 0 Å². The topological polar surface area (TPSA) is 46.0 Å². The van der Waals surface area contributed by atoms with Crippen molar-refractivity contribution in [2.75, 3.05) is 0 Å². The molecule has 1 N–H and O–H groups in total. The molecule has 0 bridgehead atoms. The maximum absolute atomic E-state index is 11.8. The highest BCUT2D eigenvalue weighted by Gasteiger charge is 2.38. The van der Waals surface area contributed by atoms with Crippen LogP contribution in [0.3, 0.4) is 0 Å². The molecule has 72 valence electrons. The van der Waals surface area contributed by atoms with Crippen LogP contribution in [0.1, 0.15) is 5.69 Å². The average Bonchev–Trinajstić information content (AvgIpc) is 2.04. The molecule has 3 nitrogen and oxygen atoms in total. The molecule has 1 heterocycles. The Morgan fingerprint density at radius 1 is 1.46 bits per heavy atom. The second-order valence-electron chi connectivity index (χ2n) is 2.46. The molecule has 0 aliphatic heterocycles. The van der Waals surface area contributed by atoms with Gasteiger partial charge in [-0.15, -0.1) is 0 Å². The van der Waals surface area contributed by atoms with Gasteiger partial charge in [0.2, 0.25) is 0 Å². The van der Waals surface area contributed by atoms with Gasteiger partial charge in [-0.3, -0.25) is 0 Å². The molecule has 0 saturated heterocycles. The summed E-state index contributed by atoms with van der Waals surface area (Å²) in [6.07, 6.45) is -5.02. The Labute approximate surface area is 72.3 Å². The fourth-order valence-corrected chi connectivity index (χ4v) is 0.753. The summed E-state index contributed by atoms with van der Waals surface area (Å²) in [5.74, 6) is 0. The maximum Gasteiger partial charge on any atom is 0.414 e. The maximum atomic E-state index is 11.8. The largest absolute Gasteiger partial charge is 0.414 e. The van der Waals surface area contributed by atoms with E-state index in [0.29, 0.717) is 0 Å². The minimum Gasteiger partial charge on any atom is -0.383 e. The van der Waals surface area contributed by atoms with E-state index in [1.54, 1.807) is 0 Å². The van der Waals surface area contributed by atoms with Crippen molar-refractivity contribution >= 4 is 0 Å². The molecule has 1 rings (SSSR count). The molecule has 0 spiro atoms. The molecule has 0 aromatic carbocycles. The molecule has 6 heteroatoms. The Morgan fingerprint density at radius 3 is 2.62 bits per heavy atom. The van der Waals surface area contributed by atoms with Crippen LogP contribution >= 0.6 is 0 Å². The number of aliphatic hydroxyl groups is 1. The summed E-state index contributed by atoms with van der Waals surface area (Å²) in [5.41, 5.74) is 0.167. The van der Waals surface area contributed by atoms with Gasteiger partial charge in [0.05, 0.1) is 0 Å². The van der Waals surface area contributed by atoms with Crippen LogP contribution < -0.4 is 0 Å². The molecule has 0 unspecified atom stereocenters. The summed E-state index contributed by atoms with van der Waals surface area (Å²) in [6.45, 7) is 0. The molecule has 0 aliphatic carbocycles. The molecule has 1 aromatic rings. The van der Waals surface area contributed by atoms with Crippen molar-refractivity contribution < 1.29 is 18.3 Å². The van der Waals surface area contributed by atoms with Crippen LogP contribution in [0.2, 0.25) is 0 Å². The second kappa shape index (κ2) is 3.69. The van der Waals surface area contributed by atoms with Gasteiger partial charge >= 0.3 is 6.18 Å². The SMILES string of the molecule is O[C@@H](Cc1ccncn1)C(F)(F)F. The van der Waals surface area contributed by atoms with Crippen LogP contribution in [0.25, 0.3) is 0 Å². The van der Waals surface area contributed by atoms with Crippen molar-refractivity contribution in [1.82, 2.24) is 9.97 Å². The number of hydrogen-bond acceptors (Lipinski definition) is 3. The van der Waals surface area contributed by atoms with Crippen LogP contribution in [0.4, 0.5) is 13.2 Å². The molecule has 0 saturated carbocycles. The summed E-state index contributed by atoms with van der Waals surface area (Å²) in [4.78, 5) is 7.10. The van der Waals surface area contributed by atoms with Crippen molar-refractivity contribution in [3.63, 3.8) is 0 Å². The molecular weight excluding hydrogens is 185 g/mol. The summed E-state index contributed by atoms with van der Waals surface area (Å²) in [7, 11) is 0. The summed E-state index contributed by atoms with van der Waals surface area (Å²) < 4.78 is 35.5. The smallest absolute Gasteiger partial charge is 0.383 e. The lowest BCUT2D eigenvalue weighted by molar-refractivity contribution is -0.203. The van der Waals surface area contributed by atoms with Gasteiger partial charge in [-0.25, -0.2) is 9.97 Å². The van der Waals surface area contributed by atoms with Crippen LogP contribution in [0.15, 0.2) is 18.6 Å². The highest BCUT2D eigenvalue weighted by molar-refractivity contribution is 5.00. The van der Waals surface area contributed by atoms with Crippen LogP contribution in [0.5, 0.6) is 0 Å². The van der Waals surface area contributed by atoms with E-state index in [9.17, 15) is 13.2 Å². The third kappa shape index (κ3) is 2.98. The van der Waals surface area contributed by atoms with Gasteiger partial charge in [-0.2, -0.15) is 13.2 Å². The third-order valence-corrected chi connectivity index (χ3v) is 1.42. The van der Waals surface area contributed by atoms with Gasteiger partial charge < -0.3 is 5.11 Å². The van der Waals surface area contributed by atoms with Crippen molar-refractivity contribution in [3.05, 3.63) is 24.3 Å². The Bertz CT molecular complexity index is 262. The number of aliphatic hydroxyl groups excluding tert-OH is 1. The van der Waals surface area contributed by atoms with Gasteiger partial charge in [0.15, 0.2) is 6.10 Å². The van der Waals surface area contributed by atoms with Crippen molar-refractivity contribution in [2.45, 2.75) is 18.7 Å². The average molecular weight is 192 g/mol. The van der Waals surface area contributed by atoms with E-state index in [1.165, 1.54) is 12.3 Å². The Kier molecular flexibility index (Phi) is 2.82. The summed E-state index contributed by atoms with van der Waals surface area (Å²) in [6, 6.07) is 1.33. The summed E-state index contributed by atoms with van der Waals surface area (Å²) >= 11 is 0. The predicted octanol–water partition coefficient (Wildman–Crippen LogP) is 0.942. The number of nitrogens with zero attached hydrogens (tertiary/aromatic N) is 2. The van der Waals surface area contributed by atoms with Crippen LogP contribution in [0, 0.1) is 0 Å². The zero-order valence-corrected chi connectivity index (χ0v) is 6.49. The van der Waals surface area contributed by atoms with E-state index in [0.717, 1.165) is 6.33 Å². The minimum absolute atomic E-state index is 0.167. The van der Waals surface area contributed by atoms with E-state index in [1.807, 2.05) is 0 Å². The zero-order chi connectivity index (χ0) is 9.90. The highest BCUT2D eigenvalue weighted by Crippen LogP contribution is 2.22. The monoisotopic (exact) mass is 192 g/mol. The molecular formula is C7H7F3N2O. The van der Waals surface area contributed by atoms with E-state index in [-0.39, 0.29) is 5.69 Å². The van der Waals surface area contributed by atoms with E-state index < -0.39 is 18.7 Å². The van der Waals surface area contributed by atoms with E-state index in [4.69, 9.17) is 5.11 Å². The Balaban J connectivity index is 2.61. The number of alkyl halides is 3. The van der Waals surface area contributed by atoms with Crippen molar-refractivity contribution in [1.29, 1.82) is 0 Å². The lowest BCUT2D eigenvalue weighted by Gasteiger charge is -2.13. The first kappa shape index (κ1) is 9.91. The van der Waals surface area contributed by atoms with Crippen LogP contribution in [-0.2, 0) is 6.42 Å². The predicted molar refractivity (Wildman–Crippen MR) is 37.8 cm³/mol. The lowest BCUT2D eigenvalue weighted by atomic mass is 10.2. The third-order valence-electron chi connectivity index (χ3n) is 1.42.